The maximum absolute atomic E-state index is 12.0. The number of benzene rings is 1. The van der Waals surface area contributed by atoms with Crippen molar-refractivity contribution >= 4 is 11.5 Å². The second kappa shape index (κ2) is 8.38. The number of primary amides is 1. The molecule has 1 amide bonds. The highest BCUT2D eigenvalue weighted by atomic mass is 16.5. The summed E-state index contributed by atoms with van der Waals surface area (Å²) in [6.07, 6.45) is 8.02. The SMILES string of the molecule is CC1(C)CC=C(c2cc(C(C)(C)OCCN3CCCC3)ccc2C(N)=O)CC1. The zero-order chi connectivity index (χ0) is 20.4. The Labute approximate surface area is 170 Å². The minimum absolute atomic E-state index is 0.325. The molecule has 2 aliphatic rings. The lowest BCUT2D eigenvalue weighted by Gasteiger charge is -2.31. The number of ether oxygens (including phenoxy) is 1. The number of rotatable bonds is 7. The van der Waals surface area contributed by atoms with Gasteiger partial charge in [-0.25, -0.2) is 0 Å². The van der Waals surface area contributed by atoms with Gasteiger partial charge in [-0.1, -0.05) is 26.0 Å². The normalized spacial score (nSPS) is 20.2. The molecular formula is C24H36N2O2. The molecule has 1 fully saturated rings. The Kier molecular flexibility index (Phi) is 6.31. The van der Waals surface area contributed by atoms with Crippen molar-refractivity contribution in [2.24, 2.45) is 11.1 Å². The molecule has 0 bridgehead atoms. The largest absolute Gasteiger partial charge is 0.370 e. The summed E-state index contributed by atoms with van der Waals surface area (Å²) in [6, 6.07) is 5.99. The van der Waals surface area contributed by atoms with Gasteiger partial charge < -0.3 is 15.4 Å². The van der Waals surface area contributed by atoms with Crippen LogP contribution in [0.2, 0.25) is 0 Å². The van der Waals surface area contributed by atoms with Gasteiger partial charge in [0.05, 0.1) is 12.2 Å². The van der Waals surface area contributed by atoms with E-state index in [1.54, 1.807) is 0 Å². The second-order valence-electron chi connectivity index (χ2n) is 9.63. The molecule has 4 heteroatoms. The lowest BCUT2D eigenvalue weighted by molar-refractivity contribution is -0.0288. The van der Waals surface area contributed by atoms with Crippen LogP contribution in [0.15, 0.2) is 24.3 Å². The van der Waals surface area contributed by atoms with Crippen LogP contribution in [0.3, 0.4) is 0 Å². The van der Waals surface area contributed by atoms with Gasteiger partial charge >= 0.3 is 0 Å². The monoisotopic (exact) mass is 384 g/mol. The molecule has 0 atom stereocenters. The van der Waals surface area contributed by atoms with E-state index in [1.807, 2.05) is 12.1 Å². The van der Waals surface area contributed by atoms with Crippen molar-refractivity contribution in [2.45, 2.75) is 65.4 Å². The summed E-state index contributed by atoms with van der Waals surface area (Å²) in [5, 5.41) is 0. The van der Waals surface area contributed by atoms with Crippen molar-refractivity contribution in [3.05, 3.63) is 41.0 Å². The molecule has 0 unspecified atom stereocenters. The van der Waals surface area contributed by atoms with Crippen LogP contribution in [0.4, 0.5) is 0 Å². The van der Waals surface area contributed by atoms with E-state index in [-0.39, 0.29) is 5.91 Å². The van der Waals surface area contributed by atoms with Gasteiger partial charge in [0, 0.05) is 12.1 Å². The van der Waals surface area contributed by atoms with Crippen molar-refractivity contribution in [2.75, 3.05) is 26.2 Å². The molecule has 1 aromatic rings. The maximum atomic E-state index is 12.0. The van der Waals surface area contributed by atoms with E-state index < -0.39 is 5.60 Å². The first kappa shape index (κ1) is 21.1. The van der Waals surface area contributed by atoms with Gasteiger partial charge in [-0.3, -0.25) is 4.79 Å². The molecule has 0 aromatic heterocycles. The molecule has 1 aliphatic heterocycles. The Balaban J connectivity index is 1.79. The van der Waals surface area contributed by atoms with Crippen molar-refractivity contribution in [3.8, 4) is 0 Å². The van der Waals surface area contributed by atoms with Crippen molar-refractivity contribution in [1.82, 2.24) is 4.90 Å². The number of nitrogens with zero attached hydrogens (tertiary/aromatic N) is 1. The van der Waals surface area contributed by atoms with Crippen LogP contribution in [0.25, 0.3) is 5.57 Å². The first-order valence-corrected chi connectivity index (χ1v) is 10.7. The summed E-state index contributed by atoms with van der Waals surface area (Å²) in [6.45, 7) is 12.9. The second-order valence-corrected chi connectivity index (χ2v) is 9.63. The standard InChI is InChI=1S/C24H36N2O2/c1-23(2)11-9-18(10-12-23)21-17-19(7-8-20(21)22(25)27)24(3,4)28-16-15-26-13-5-6-14-26/h7-9,17H,5-6,10-16H2,1-4H3,(H2,25,27). The minimum atomic E-state index is -0.404. The number of hydrogen-bond donors (Lipinski definition) is 1. The van der Waals surface area contributed by atoms with E-state index >= 15 is 0 Å². The first-order valence-electron chi connectivity index (χ1n) is 10.7. The van der Waals surface area contributed by atoms with Crippen LogP contribution in [-0.4, -0.2) is 37.0 Å². The quantitative estimate of drug-likeness (QED) is 0.739. The highest BCUT2D eigenvalue weighted by molar-refractivity contribution is 5.98. The predicted molar refractivity (Wildman–Crippen MR) is 115 cm³/mol. The van der Waals surface area contributed by atoms with E-state index in [4.69, 9.17) is 10.5 Å². The molecule has 1 saturated heterocycles. The van der Waals surface area contributed by atoms with Crippen LogP contribution < -0.4 is 5.73 Å². The van der Waals surface area contributed by atoms with Gasteiger partial charge in [0.25, 0.3) is 0 Å². The Bertz CT molecular complexity index is 743. The van der Waals surface area contributed by atoms with E-state index in [9.17, 15) is 4.79 Å². The van der Waals surface area contributed by atoms with Crippen LogP contribution in [0, 0.1) is 5.41 Å². The summed E-state index contributed by atoms with van der Waals surface area (Å²) in [5.74, 6) is -0.361. The molecule has 1 aromatic carbocycles. The van der Waals surface area contributed by atoms with Gasteiger partial charge in [-0.2, -0.15) is 0 Å². The smallest absolute Gasteiger partial charge is 0.249 e. The van der Waals surface area contributed by atoms with E-state index in [1.165, 1.54) is 31.5 Å². The highest BCUT2D eigenvalue weighted by Crippen LogP contribution is 2.40. The molecule has 0 radical (unpaired) electrons. The third kappa shape index (κ3) is 5.03. The molecule has 2 N–H and O–H groups in total. The first-order chi connectivity index (χ1) is 13.2. The van der Waals surface area contributed by atoms with E-state index in [0.29, 0.717) is 11.0 Å². The molecule has 4 nitrogen and oxygen atoms in total. The van der Waals surface area contributed by atoms with Crippen molar-refractivity contribution in [3.63, 3.8) is 0 Å². The van der Waals surface area contributed by atoms with E-state index in [2.05, 4.69) is 44.7 Å². The fourth-order valence-corrected chi connectivity index (χ4v) is 4.24. The van der Waals surface area contributed by atoms with Crippen LogP contribution in [0.1, 0.15) is 81.3 Å². The molecule has 1 aliphatic carbocycles. The Hall–Kier alpha value is -1.65. The zero-order valence-corrected chi connectivity index (χ0v) is 18.0. The fourth-order valence-electron chi connectivity index (χ4n) is 4.24. The Morgan fingerprint density at radius 1 is 1.25 bits per heavy atom. The molecule has 154 valence electrons. The van der Waals surface area contributed by atoms with Crippen molar-refractivity contribution in [1.29, 1.82) is 0 Å². The number of carbonyl (C=O) groups is 1. The molecule has 28 heavy (non-hydrogen) atoms. The number of amides is 1. The average molecular weight is 385 g/mol. The Morgan fingerprint density at radius 3 is 2.57 bits per heavy atom. The number of nitrogens with two attached hydrogens (primary N) is 1. The number of allylic oxidation sites excluding steroid dienone is 2. The van der Waals surface area contributed by atoms with Crippen LogP contribution >= 0.6 is 0 Å². The molecule has 0 spiro atoms. The Morgan fingerprint density at radius 2 is 1.96 bits per heavy atom. The molecule has 1 heterocycles. The number of likely N-dealkylation sites (tertiary alicyclic amines) is 1. The summed E-state index contributed by atoms with van der Waals surface area (Å²) in [7, 11) is 0. The fraction of sp³-hybridized carbons (Fsp3) is 0.625. The third-order valence-electron chi connectivity index (χ3n) is 6.37. The van der Waals surface area contributed by atoms with Gasteiger partial charge in [0.1, 0.15) is 0 Å². The zero-order valence-electron chi connectivity index (χ0n) is 18.0. The predicted octanol–water partition coefficient (Wildman–Crippen LogP) is 4.73. The van der Waals surface area contributed by atoms with Crippen LogP contribution in [-0.2, 0) is 10.3 Å². The van der Waals surface area contributed by atoms with E-state index in [0.717, 1.165) is 43.5 Å². The summed E-state index contributed by atoms with van der Waals surface area (Å²) < 4.78 is 6.28. The third-order valence-corrected chi connectivity index (χ3v) is 6.37. The summed E-state index contributed by atoms with van der Waals surface area (Å²) >= 11 is 0. The van der Waals surface area contributed by atoms with Gasteiger partial charge in [-0.05, 0) is 93.3 Å². The number of carbonyl (C=O) groups excluding carboxylic acids is 1. The van der Waals surface area contributed by atoms with Crippen molar-refractivity contribution < 1.29 is 9.53 Å². The maximum Gasteiger partial charge on any atom is 0.249 e. The lowest BCUT2D eigenvalue weighted by Crippen LogP contribution is -2.29. The summed E-state index contributed by atoms with van der Waals surface area (Å²) in [5.41, 5.74) is 9.53. The lowest BCUT2D eigenvalue weighted by atomic mass is 9.76. The topological polar surface area (TPSA) is 55.6 Å². The number of hydrogen-bond acceptors (Lipinski definition) is 3. The highest BCUT2D eigenvalue weighted by Gasteiger charge is 2.27. The van der Waals surface area contributed by atoms with Gasteiger partial charge in [-0.15, -0.1) is 0 Å². The van der Waals surface area contributed by atoms with Gasteiger partial charge in [0.15, 0.2) is 0 Å². The summed E-state index contributed by atoms with van der Waals surface area (Å²) in [4.78, 5) is 14.5. The minimum Gasteiger partial charge on any atom is -0.370 e. The molecule has 0 saturated carbocycles. The molecular weight excluding hydrogens is 348 g/mol. The van der Waals surface area contributed by atoms with Gasteiger partial charge in [0.2, 0.25) is 5.91 Å². The molecule has 3 rings (SSSR count). The average Bonchev–Trinajstić information content (AvgIpc) is 3.14. The van der Waals surface area contributed by atoms with Crippen LogP contribution in [0.5, 0.6) is 0 Å².